The van der Waals surface area contributed by atoms with E-state index in [0.29, 0.717) is 5.82 Å². The van der Waals surface area contributed by atoms with E-state index in [1.807, 2.05) is 6.92 Å². The van der Waals surface area contributed by atoms with Crippen molar-refractivity contribution in [3.63, 3.8) is 0 Å². The zero-order chi connectivity index (χ0) is 17.3. The molecule has 2 rings (SSSR count). The number of aliphatic hydroxyl groups is 1. The Bertz CT molecular complexity index is 541. The van der Waals surface area contributed by atoms with Crippen molar-refractivity contribution in [1.29, 1.82) is 0 Å². The quantitative estimate of drug-likeness (QED) is 0.444. The molecule has 2 N–H and O–H groups in total. The molecule has 0 aliphatic heterocycles. The number of anilines is 1. The van der Waals surface area contributed by atoms with Crippen molar-refractivity contribution >= 4 is 14.1 Å². The molecule has 0 unspecified atom stereocenters. The van der Waals surface area contributed by atoms with E-state index in [2.05, 4.69) is 61.5 Å². The molecule has 0 saturated heterocycles. The first-order valence-electron chi connectivity index (χ1n) is 8.31. The standard InChI is InChI=1S/C17H29N3O2Si.2Rh/c1-12-7-16(19-11-18-12)20-14-8-13(10-21)15(9-14)22-23(5,6)17(2,3)4;;/h13-15,21H,8-10H2,1-6H3,(H,18,19,20);;/q-2;;/t13-,14+,15-;;/m0../s1. The molecule has 5 nitrogen and oxygen atoms in total. The second-order valence-electron chi connectivity index (χ2n) is 8.05. The molecule has 1 heterocycles. The zero-order valence-corrected chi connectivity index (χ0v) is 20.0. The monoisotopic (exact) mass is 541 g/mol. The van der Waals surface area contributed by atoms with Gasteiger partial charge in [0.15, 0.2) is 8.32 Å². The molecule has 2 radical (unpaired) electrons. The first-order chi connectivity index (χ1) is 10.6. The fourth-order valence-corrected chi connectivity index (χ4v) is 4.13. The maximum absolute atomic E-state index is 9.73. The van der Waals surface area contributed by atoms with Crippen LogP contribution >= 0.6 is 0 Å². The van der Waals surface area contributed by atoms with Gasteiger partial charge in [-0.3, -0.25) is 5.69 Å². The molecule has 0 aromatic carbocycles. The number of hydrogen-bond donors (Lipinski definition) is 2. The van der Waals surface area contributed by atoms with Gasteiger partial charge in [-0.05, 0) is 31.0 Å². The molecule has 0 spiro atoms. The number of nitrogens with zero attached hydrogens (tertiary/aromatic N) is 2. The summed E-state index contributed by atoms with van der Waals surface area (Å²) in [6, 6.07) is 3.33. The molecule has 1 aliphatic rings. The molecule has 1 aromatic heterocycles. The van der Waals surface area contributed by atoms with Crippen molar-refractivity contribution in [2.75, 3.05) is 11.9 Å². The molecule has 8 heteroatoms. The SMILES string of the molecule is Cc1[c-]c(N[C@@H]2C[C@@H](CO)[C@@H](O[Si](C)(C)C(C)(C)C)C2)n[c-]n1.[Rh].[Rh]. The summed E-state index contributed by atoms with van der Waals surface area (Å²) in [5.41, 5.74) is 0.772. The largest absolute Gasteiger partial charge is 0.550 e. The van der Waals surface area contributed by atoms with Crippen LogP contribution in [0.15, 0.2) is 0 Å². The Balaban J connectivity index is 0.00000288. The number of rotatable bonds is 5. The third-order valence-electron chi connectivity index (χ3n) is 5.14. The molecule has 1 saturated carbocycles. The van der Waals surface area contributed by atoms with Crippen molar-refractivity contribution in [3.05, 3.63) is 18.1 Å². The van der Waals surface area contributed by atoms with Gasteiger partial charge < -0.3 is 30.9 Å². The van der Waals surface area contributed by atoms with Crippen LogP contribution in [0, 0.1) is 25.2 Å². The maximum Gasteiger partial charge on any atom is 0.192 e. The summed E-state index contributed by atoms with van der Waals surface area (Å²) in [5, 5.41) is 13.3. The van der Waals surface area contributed by atoms with Crippen LogP contribution < -0.4 is 5.32 Å². The first-order valence-corrected chi connectivity index (χ1v) is 11.2. The average Bonchev–Trinajstić information content (AvgIpc) is 2.78. The van der Waals surface area contributed by atoms with Crippen molar-refractivity contribution < 1.29 is 48.5 Å². The number of nitrogens with one attached hydrogen (secondary N) is 1. The maximum atomic E-state index is 9.73. The zero-order valence-electron chi connectivity index (χ0n) is 15.8. The molecular formula is C17H29N3O2Rh2Si-2. The molecule has 0 bridgehead atoms. The van der Waals surface area contributed by atoms with Gasteiger partial charge in [-0.15, -0.1) is 6.92 Å². The van der Waals surface area contributed by atoms with Crippen LogP contribution in [0.3, 0.4) is 0 Å². The molecule has 25 heavy (non-hydrogen) atoms. The fourth-order valence-electron chi connectivity index (χ4n) is 2.73. The van der Waals surface area contributed by atoms with Crippen LogP contribution in [0.25, 0.3) is 0 Å². The van der Waals surface area contributed by atoms with E-state index >= 15 is 0 Å². The van der Waals surface area contributed by atoms with E-state index < -0.39 is 8.32 Å². The summed E-state index contributed by atoms with van der Waals surface area (Å²) < 4.78 is 6.55. The summed E-state index contributed by atoms with van der Waals surface area (Å²) in [5.74, 6) is 0.848. The van der Waals surface area contributed by atoms with Crippen LogP contribution in [0.2, 0.25) is 18.1 Å². The smallest absolute Gasteiger partial charge is 0.192 e. The summed E-state index contributed by atoms with van der Waals surface area (Å²) in [6.45, 7) is 13.3. The number of aromatic nitrogens is 2. The molecule has 1 fully saturated rings. The predicted molar refractivity (Wildman–Crippen MR) is 93.7 cm³/mol. The number of aliphatic hydroxyl groups excluding tert-OH is 1. The summed E-state index contributed by atoms with van der Waals surface area (Å²) in [6.07, 6.45) is 4.50. The van der Waals surface area contributed by atoms with E-state index in [-0.39, 0.29) is 68.7 Å². The van der Waals surface area contributed by atoms with Gasteiger partial charge in [-0.2, -0.15) is 5.82 Å². The van der Waals surface area contributed by atoms with Gasteiger partial charge in [0, 0.05) is 63.8 Å². The molecule has 1 aromatic rings. The van der Waals surface area contributed by atoms with Crippen molar-refractivity contribution in [2.24, 2.45) is 5.92 Å². The van der Waals surface area contributed by atoms with Gasteiger partial charge in [0.05, 0.1) is 6.10 Å². The van der Waals surface area contributed by atoms with Gasteiger partial charge in [0.25, 0.3) is 0 Å². The molecule has 0 amide bonds. The Morgan fingerprint density at radius 2 is 1.88 bits per heavy atom. The van der Waals surface area contributed by atoms with Gasteiger partial charge in [-0.25, -0.2) is 0 Å². The van der Waals surface area contributed by atoms with Crippen LogP contribution in [0.1, 0.15) is 39.3 Å². The fraction of sp³-hybridized carbons (Fsp3) is 0.765. The van der Waals surface area contributed by atoms with E-state index in [1.165, 1.54) is 0 Å². The number of hydrogen-bond acceptors (Lipinski definition) is 5. The minimum atomic E-state index is -1.84. The van der Waals surface area contributed by atoms with Crippen LogP contribution in [0.4, 0.5) is 5.82 Å². The molecule has 1 aliphatic carbocycles. The second kappa shape index (κ2) is 9.99. The van der Waals surface area contributed by atoms with E-state index in [4.69, 9.17) is 4.43 Å². The van der Waals surface area contributed by atoms with Crippen molar-refractivity contribution in [2.45, 2.75) is 70.8 Å². The van der Waals surface area contributed by atoms with E-state index in [1.54, 1.807) is 0 Å². The minimum Gasteiger partial charge on any atom is -0.550 e. The van der Waals surface area contributed by atoms with Gasteiger partial charge in [0.1, 0.15) is 0 Å². The Kier molecular flexibility index (Phi) is 10.1. The Morgan fingerprint density at radius 1 is 1.24 bits per heavy atom. The minimum absolute atomic E-state index is 0. The Labute approximate surface area is 178 Å². The Morgan fingerprint density at radius 3 is 2.40 bits per heavy atom. The summed E-state index contributed by atoms with van der Waals surface area (Å²) >= 11 is 0. The Hall–Kier alpha value is 0.264. The number of aryl methyl sites for hydroxylation is 1. The summed E-state index contributed by atoms with van der Waals surface area (Å²) in [7, 11) is -1.84. The third-order valence-corrected chi connectivity index (χ3v) is 9.64. The third kappa shape index (κ3) is 6.73. The molecule has 148 valence electrons. The first kappa shape index (κ1) is 25.3. The topological polar surface area (TPSA) is 67.3 Å². The summed E-state index contributed by atoms with van der Waals surface area (Å²) in [4.78, 5) is 8.04. The van der Waals surface area contributed by atoms with Crippen molar-refractivity contribution in [1.82, 2.24) is 9.97 Å². The van der Waals surface area contributed by atoms with Crippen LogP contribution in [-0.4, -0.2) is 42.1 Å². The van der Waals surface area contributed by atoms with E-state index in [0.717, 1.165) is 18.5 Å². The molecular weight excluding hydrogens is 512 g/mol. The molecule has 3 atom stereocenters. The normalized spacial score (nSPS) is 23.6. The van der Waals surface area contributed by atoms with Gasteiger partial charge in [-0.1, -0.05) is 20.8 Å². The van der Waals surface area contributed by atoms with Crippen LogP contribution in [-0.2, 0) is 43.4 Å². The van der Waals surface area contributed by atoms with Gasteiger partial charge in [0.2, 0.25) is 0 Å². The predicted octanol–water partition coefficient (Wildman–Crippen LogP) is 2.95. The second-order valence-corrected chi connectivity index (χ2v) is 12.8. The van der Waals surface area contributed by atoms with Crippen LogP contribution in [0.5, 0.6) is 0 Å². The van der Waals surface area contributed by atoms with E-state index in [9.17, 15) is 5.11 Å². The van der Waals surface area contributed by atoms with Crippen molar-refractivity contribution in [3.8, 4) is 0 Å². The van der Waals surface area contributed by atoms with Gasteiger partial charge >= 0.3 is 0 Å². The average molecular weight is 541 g/mol.